The van der Waals surface area contributed by atoms with Gasteiger partial charge in [-0.15, -0.1) is 0 Å². The van der Waals surface area contributed by atoms with Gasteiger partial charge < -0.3 is 4.98 Å². The molecule has 98 valence electrons. The van der Waals surface area contributed by atoms with Crippen LogP contribution in [0.3, 0.4) is 0 Å². The smallest absolute Gasteiger partial charge is 0.182 e. The van der Waals surface area contributed by atoms with Gasteiger partial charge in [-0.3, -0.25) is 9.59 Å². The average Bonchev–Trinajstić information content (AvgIpc) is 3.03. The minimum atomic E-state index is 0.0922. The summed E-state index contributed by atoms with van der Waals surface area (Å²) in [4.78, 5) is 26.5. The van der Waals surface area contributed by atoms with Gasteiger partial charge in [0.25, 0.3) is 0 Å². The molecule has 1 aliphatic carbocycles. The second-order valence-electron chi connectivity index (χ2n) is 6.51. The summed E-state index contributed by atoms with van der Waals surface area (Å²) in [6, 6.07) is 0. The van der Waals surface area contributed by atoms with Crippen LogP contribution in [0.2, 0.25) is 0 Å². The number of Topliss-reactive ketones (excluding diaryl/α,β-unsaturated/α-hetero) is 1. The predicted molar refractivity (Wildman–Crippen MR) is 71.1 cm³/mol. The molecule has 1 fully saturated rings. The Hall–Kier alpha value is -1.38. The van der Waals surface area contributed by atoms with E-state index in [-0.39, 0.29) is 17.1 Å². The lowest BCUT2D eigenvalue weighted by molar-refractivity contribution is 0.0962. The normalized spacial score (nSPS) is 15.8. The SMILES string of the molecule is Cc1c(C(=O)C2CC2)[nH]c(CC(C)(C)C)c1C=O. The second kappa shape index (κ2) is 4.38. The Morgan fingerprint density at radius 1 is 1.39 bits per heavy atom. The van der Waals surface area contributed by atoms with Crippen molar-refractivity contribution in [3.8, 4) is 0 Å². The third-order valence-corrected chi connectivity index (χ3v) is 3.40. The molecule has 3 nitrogen and oxygen atoms in total. The molecule has 0 bridgehead atoms. The molecule has 1 saturated carbocycles. The van der Waals surface area contributed by atoms with E-state index in [9.17, 15) is 9.59 Å². The van der Waals surface area contributed by atoms with Crippen LogP contribution in [-0.4, -0.2) is 17.1 Å². The summed E-state index contributed by atoms with van der Waals surface area (Å²) in [5.41, 5.74) is 3.14. The van der Waals surface area contributed by atoms with Crippen molar-refractivity contribution < 1.29 is 9.59 Å². The van der Waals surface area contributed by atoms with Gasteiger partial charge in [0, 0.05) is 17.2 Å². The van der Waals surface area contributed by atoms with Crippen molar-refractivity contribution in [2.45, 2.75) is 47.0 Å². The van der Waals surface area contributed by atoms with Gasteiger partial charge in [-0.25, -0.2) is 0 Å². The summed E-state index contributed by atoms with van der Waals surface area (Å²) in [6.07, 6.45) is 3.63. The first-order valence-electron chi connectivity index (χ1n) is 6.54. The maximum atomic E-state index is 12.1. The lowest BCUT2D eigenvalue weighted by Crippen LogP contribution is -2.11. The van der Waals surface area contributed by atoms with Crippen LogP contribution in [0.1, 0.15) is 65.7 Å². The van der Waals surface area contributed by atoms with Crippen LogP contribution in [0, 0.1) is 18.3 Å². The number of carbonyl (C=O) groups is 2. The van der Waals surface area contributed by atoms with Crippen LogP contribution >= 0.6 is 0 Å². The van der Waals surface area contributed by atoms with E-state index >= 15 is 0 Å². The van der Waals surface area contributed by atoms with Gasteiger partial charge in [-0.1, -0.05) is 20.8 Å². The molecule has 3 heteroatoms. The number of aromatic amines is 1. The summed E-state index contributed by atoms with van der Waals surface area (Å²) in [7, 11) is 0. The van der Waals surface area contributed by atoms with E-state index in [4.69, 9.17) is 0 Å². The summed E-state index contributed by atoms with van der Waals surface area (Å²) in [5, 5.41) is 0. The minimum absolute atomic E-state index is 0.0922. The molecular formula is C15H21NO2. The van der Waals surface area contributed by atoms with Crippen LogP contribution in [0.25, 0.3) is 0 Å². The number of aromatic nitrogens is 1. The number of H-pyrrole nitrogens is 1. The number of rotatable bonds is 4. The van der Waals surface area contributed by atoms with E-state index in [2.05, 4.69) is 25.8 Å². The Morgan fingerprint density at radius 2 is 2.00 bits per heavy atom. The molecule has 0 unspecified atom stereocenters. The fourth-order valence-corrected chi connectivity index (χ4v) is 2.30. The van der Waals surface area contributed by atoms with E-state index in [0.717, 1.165) is 36.8 Å². The molecule has 0 spiro atoms. The first-order valence-corrected chi connectivity index (χ1v) is 6.54. The predicted octanol–water partition coefficient (Wildman–Crippen LogP) is 3.32. The Kier molecular flexibility index (Phi) is 3.18. The molecule has 0 saturated heterocycles. The second-order valence-corrected chi connectivity index (χ2v) is 6.51. The summed E-state index contributed by atoms with van der Waals surface area (Å²) in [6.45, 7) is 8.24. The number of hydrogen-bond donors (Lipinski definition) is 1. The van der Waals surface area contributed by atoms with Crippen molar-refractivity contribution in [3.63, 3.8) is 0 Å². The molecule has 1 aromatic heterocycles. The van der Waals surface area contributed by atoms with Crippen LogP contribution < -0.4 is 0 Å². The highest BCUT2D eigenvalue weighted by Crippen LogP contribution is 2.34. The van der Waals surface area contributed by atoms with Crippen molar-refractivity contribution in [1.82, 2.24) is 4.98 Å². The van der Waals surface area contributed by atoms with Crippen LogP contribution in [-0.2, 0) is 6.42 Å². The average molecular weight is 247 g/mol. The van der Waals surface area contributed by atoms with Gasteiger partial charge in [0.2, 0.25) is 0 Å². The van der Waals surface area contributed by atoms with Gasteiger partial charge in [-0.2, -0.15) is 0 Å². The van der Waals surface area contributed by atoms with Crippen LogP contribution in [0.5, 0.6) is 0 Å². The number of carbonyl (C=O) groups excluding carboxylic acids is 2. The van der Waals surface area contributed by atoms with Crippen molar-refractivity contribution in [2.75, 3.05) is 0 Å². The maximum Gasteiger partial charge on any atom is 0.182 e. The molecule has 1 N–H and O–H groups in total. The molecule has 1 aliphatic rings. The molecule has 1 aromatic rings. The van der Waals surface area contributed by atoms with Crippen molar-refractivity contribution in [2.24, 2.45) is 11.3 Å². The van der Waals surface area contributed by atoms with E-state index in [1.807, 2.05) is 6.92 Å². The lowest BCUT2D eigenvalue weighted by Gasteiger charge is -2.17. The zero-order chi connectivity index (χ0) is 13.5. The number of ketones is 1. The third kappa shape index (κ3) is 2.55. The van der Waals surface area contributed by atoms with Crippen molar-refractivity contribution in [1.29, 1.82) is 0 Å². The quantitative estimate of drug-likeness (QED) is 0.655. The van der Waals surface area contributed by atoms with Crippen molar-refractivity contribution >= 4 is 12.1 Å². The largest absolute Gasteiger partial charge is 0.355 e. The molecule has 0 aliphatic heterocycles. The highest BCUT2D eigenvalue weighted by molar-refractivity contribution is 6.01. The summed E-state index contributed by atoms with van der Waals surface area (Å²) >= 11 is 0. The Balaban J connectivity index is 2.38. The van der Waals surface area contributed by atoms with Gasteiger partial charge in [0.1, 0.15) is 0 Å². The highest BCUT2D eigenvalue weighted by atomic mass is 16.1. The molecule has 2 rings (SSSR count). The molecular weight excluding hydrogens is 226 g/mol. The minimum Gasteiger partial charge on any atom is -0.355 e. The van der Waals surface area contributed by atoms with Crippen molar-refractivity contribution in [3.05, 3.63) is 22.5 Å². The molecule has 0 radical (unpaired) electrons. The molecule has 0 amide bonds. The summed E-state index contributed by atoms with van der Waals surface area (Å²) in [5.74, 6) is 0.361. The fraction of sp³-hybridized carbons (Fsp3) is 0.600. The first-order chi connectivity index (χ1) is 8.33. The molecule has 1 heterocycles. The van der Waals surface area contributed by atoms with Gasteiger partial charge >= 0.3 is 0 Å². The standard InChI is InChI=1S/C15H21NO2/c1-9-11(8-17)12(7-15(2,3)4)16-13(9)14(18)10-5-6-10/h8,10,16H,5-7H2,1-4H3. The van der Waals surface area contributed by atoms with Gasteiger partial charge in [0.15, 0.2) is 12.1 Å². The Bertz CT molecular complexity index is 487. The van der Waals surface area contributed by atoms with E-state index < -0.39 is 0 Å². The topological polar surface area (TPSA) is 49.9 Å². The Labute approximate surface area is 108 Å². The number of nitrogens with one attached hydrogen (secondary N) is 1. The van der Waals surface area contributed by atoms with E-state index in [0.29, 0.717) is 11.3 Å². The van der Waals surface area contributed by atoms with Crippen LogP contribution in [0.15, 0.2) is 0 Å². The molecule has 0 atom stereocenters. The Morgan fingerprint density at radius 3 is 2.44 bits per heavy atom. The number of aldehydes is 1. The van der Waals surface area contributed by atoms with E-state index in [1.54, 1.807) is 0 Å². The zero-order valence-electron chi connectivity index (χ0n) is 11.6. The maximum absolute atomic E-state index is 12.1. The number of hydrogen-bond acceptors (Lipinski definition) is 2. The lowest BCUT2D eigenvalue weighted by atomic mass is 9.89. The zero-order valence-corrected chi connectivity index (χ0v) is 11.6. The van der Waals surface area contributed by atoms with Crippen LogP contribution in [0.4, 0.5) is 0 Å². The molecule has 18 heavy (non-hydrogen) atoms. The van der Waals surface area contributed by atoms with Gasteiger partial charge in [-0.05, 0) is 37.2 Å². The first kappa shape index (κ1) is 13.1. The summed E-state index contributed by atoms with van der Waals surface area (Å²) < 4.78 is 0. The molecule has 0 aromatic carbocycles. The monoisotopic (exact) mass is 247 g/mol. The third-order valence-electron chi connectivity index (χ3n) is 3.40. The highest BCUT2D eigenvalue weighted by Gasteiger charge is 2.33. The fourth-order valence-electron chi connectivity index (χ4n) is 2.30. The van der Waals surface area contributed by atoms with E-state index in [1.165, 1.54) is 0 Å². The van der Waals surface area contributed by atoms with Gasteiger partial charge in [0.05, 0.1) is 5.69 Å².